The second-order valence-electron chi connectivity index (χ2n) is 4.31. The van der Waals surface area contributed by atoms with Crippen LogP contribution in [0, 0.1) is 0 Å². The summed E-state index contributed by atoms with van der Waals surface area (Å²) in [5, 5.41) is 11.0. The number of hydrogen-bond acceptors (Lipinski definition) is 5. The van der Waals surface area contributed by atoms with Crippen molar-refractivity contribution >= 4 is 17.5 Å². The van der Waals surface area contributed by atoms with Gasteiger partial charge in [-0.25, -0.2) is 4.98 Å². The number of hydrogen-bond donors (Lipinski definition) is 2. The summed E-state index contributed by atoms with van der Waals surface area (Å²) < 4.78 is 0. The fourth-order valence-electron chi connectivity index (χ4n) is 1.99. The summed E-state index contributed by atoms with van der Waals surface area (Å²) >= 11 is 6.58. The minimum absolute atomic E-state index is 0.114. The molecule has 0 fully saturated rings. The van der Waals surface area contributed by atoms with E-state index in [-0.39, 0.29) is 5.95 Å². The van der Waals surface area contributed by atoms with Gasteiger partial charge in [0.15, 0.2) is 5.00 Å². The number of rotatable bonds is 2. The van der Waals surface area contributed by atoms with Gasteiger partial charge in [0.1, 0.15) is 11.4 Å². The molecule has 1 atom stereocenters. The van der Waals surface area contributed by atoms with E-state index in [4.69, 9.17) is 17.3 Å². The molecule has 0 radical (unpaired) electrons. The van der Waals surface area contributed by atoms with Gasteiger partial charge in [0.05, 0.1) is 0 Å². The van der Waals surface area contributed by atoms with Crippen molar-refractivity contribution in [2.75, 3.05) is 5.73 Å². The zero-order chi connectivity index (χ0) is 14.0. The maximum absolute atomic E-state index is 6.58. The zero-order valence-corrected chi connectivity index (χ0v) is 11.2. The van der Waals surface area contributed by atoms with Gasteiger partial charge in [0.25, 0.3) is 0 Å². The fraction of sp³-hybridized carbons (Fsp3) is 0.0714. The van der Waals surface area contributed by atoms with Gasteiger partial charge < -0.3 is 11.1 Å². The van der Waals surface area contributed by atoms with Crippen LogP contribution >= 0.6 is 11.6 Å². The van der Waals surface area contributed by atoms with Crippen LogP contribution in [0.3, 0.4) is 0 Å². The normalized spacial score (nSPS) is 20.6. The Morgan fingerprint density at radius 2 is 1.90 bits per heavy atom. The van der Waals surface area contributed by atoms with Crippen molar-refractivity contribution < 1.29 is 0 Å². The Kier molecular flexibility index (Phi) is 3.12. The molecule has 3 N–H and O–H groups in total. The monoisotopic (exact) mass is 285 g/mol. The van der Waals surface area contributed by atoms with Crippen molar-refractivity contribution in [2.24, 2.45) is 0 Å². The highest BCUT2D eigenvalue weighted by Gasteiger charge is 2.32. The molecule has 100 valence electrons. The number of dihydropyridines is 1. The van der Waals surface area contributed by atoms with E-state index in [1.807, 2.05) is 42.5 Å². The number of nitrogens with zero attached hydrogens (tertiary/aromatic N) is 3. The molecule has 1 aromatic carbocycles. The van der Waals surface area contributed by atoms with Gasteiger partial charge in [-0.2, -0.15) is 0 Å². The molecule has 0 saturated carbocycles. The van der Waals surface area contributed by atoms with Crippen LogP contribution in [0.25, 0.3) is 11.3 Å². The summed E-state index contributed by atoms with van der Waals surface area (Å²) in [6.45, 7) is 0. The Labute approximate surface area is 121 Å². The van der Waals surface area contributed by atoms with E-state index in [0.717, 1.165) is 5.56 Å². The summed E-state index contributed by atoms with van der Waals surface area (Å²) in [4.78, 5) is 3.31. The van der Waals surface area contributed by atoms with Crippen molar-refractivity contribution in [1.29, 1.82) is 0 Å². The molecule has 0 amide bonds. The van der Waals surface area contributed by atoms with E-state index in [1.54, 1.807) is 12.3 Å². The van der Waals surface area contributed by atoms with Crippen LogP contribution in [0.5, 0.6) is 0 Å². The number of nitrogens with two attached hydrogens (primary N) is 1. The number of benzene rings is 1. The van der Waals surface area contributed by atoms with E-state index in [1.165, 1.54) is 0 Å². The molecular weight excluding hydrogens is 274 g/mol. The van der Waals surface area contributed by atoms with E-state index in [0.29, 0.717) is 11.4 Å². The van der Waals surface area contributed by atoms with Crippen LogP contribution < -0.4 is 11.1 Å². The van der Waals surface area contributed by atoms with Crippen LogP contribution in [0.15, 0.2) is 54.8 Å². The standard InChI is InChI=1S/C14H12ClN5/c15-14(8-4-5-9-17-14)12-11(18-13(16)20-19-12)10-6-2-1-3-7-10/h1-9,17H,(H2,16,18,20). The average Bonchev–Trinajstić information content (AvgIpc) is 2.48. The first kappa shape index (κ1) is 12.6. The molecule has 1 unspecified atom stereocenters. The maximum Gasteiger partial charge on any atom is 0.240 e. The highest BCUT2D eigenvalue weighted by atomic mass is 35.5. The molecule has 1 aliphatic rings. The number of anilines is 1. The average molecular weight is 286 g/mol. The van der Waals surface area contributed by atoms with Gasteiger partial charge >= 0.3 is 0 Å². The first-order valence-corrected chi connectivity index (χ1v) is 6.44. The highest BCUT2D eigenvalue weighted by molar-refractivity contribution is 6.25. The van der Waals surface area contributed by atoms with Crippen LogP contribution in [0.1, 0.15) is 5.69 Å². The quantitative estimate of drug-likeness (QED) is 0.653. The Morgan fingerprint density at radius 1 is 1.10 bits per heavy atom. The molecule has 1 aliphatic heterocycles. The van der Waals surface area contributed by atoms with Crippen molar-refractivity contribution in [3.63, 3.8) is 0 Å². The minimum atomic E-state index is -0.979. The van der Waals surface area contributed by atoms with Gasteiger partial charge in [-0.1, -0.05) is 48.0 Å². The topological polar surface area (TPSA) is 76.7 Å². The van der Waals surface area contributed by atoms with Crippen LogP contribution in [0.4, 0.5) is 5.95 Å². The lowest BCUT2D eigenvalue weighted by Gasteiger charge is -2.26. The number of halogens is 1. The van der Waals surface area contributed by atoms with Gasteiger partial charge in [0.2, 0.25) is 5.95 Å². The lowest BCUT2D eigenvalue weighted by Crippen LogP contribution is -2.35. The molecule has 0 bridgehead atoms. The Balaban J connectivity index is 2.17. The van der Waals surface area contributed by atoms with Crippen LogP contribution in [-0.2, 0) is 5.00 Å². The molecule has 0 spiro atoms. The Hall–Kier alpha value is -2.40. The summed E-state index contributed by atoms with van der Waals surface area (Å²) in [5.41, 5.74) is 7.67. The first-order valence-electron chi connectivity index (χ1n) is 6.06. The fourth-order valence-corrected chi connectivity index (χ4v) is 2.25. The maximum atomic E-state index is 6.58. The van der Waals surface area contributed by atoms with E-state index >= 15 is 0 Å². The first-order chi connectivity index (χ1) is 9.69. The Morgan fingerprint density at radius 3 is 2.60 bits per heavy atom. The lowest BCUT2D eigenvalue weighted by atomic mass is 10.0. The van der Waals surface area contributed by atoms with Gasteiger partial charge in [-0.3, -0.25) is 0 Å². The number of nitrogen functional groups attached to an aromatic ring is 1. The molecule has 1 aromatic heterocycles. The van der Waals surface area contributed by atoms with Gasteiger partial charge in [0, 0.05) is 5.56 Å². The molecule has 2 heterocycles. The molecule has 6 heteroatoms. The summed E-state index contributed by atoms with van der Waals surface area (Å²) in [7, 11) is 0. The van der Waals surface area contributed by atoms with Gasteiger partial charge in [-0.15, -0.1) is 10.2 Å². The SMILES string of the molecule is Nc1nnc(C2(Cl)C=CC=CN2)c(-c2ccccc2)n1. The summed E-state index contributed by atoms with van der Waals surface area (Å²) in [6, 6.07) is 9.62. The molecule has 5 nitrogen and oxygen atoms in total. The minimum Gasteiger partial charge on any atom is -0.366 e. The third kappa shape index (κ3) is 2.23. The van der Waals surface area contributed by atoms with E-state index in [2.05, 4.69) is 20.5 Å². The van der Waals surface area contributed by atoms with Crippen molar-refractivity contribution in [3.05, 3.63) is 60.5 Å². The number of alkyl halides is 1. The van der Waals surface area contributed by atoms with Gasteiger partial charge in [-0.05, 0) is 18.4 Å². The Bertz CT molecular complexity index is 683. The van der Waals surface area contributed by atoms with Crippen molar-refractivity contribution in [1.82, 2.24) is 20.5 Å². The van der Waals surface area contributed by atoms with E-state index in [9.17, 15) is 0 Å². The molecule has 20 heavy (non-hydrogen) atoms. The molecule has 2 aromatic rings. The van der Waals surface area contributed by atoms with Crippen LogP contribution in [0.2, 0.25) is 0 Å². The summed E-state index contributed by atoms with van der Waals surface area (Å²) in [5.74, 6) is 0.114. The summed E-state index contributed by atoms with van der Waals surface area (Å²) in [6.07, 6.45) is 7.24. The molecule has 3 rings (SSSR count). The predicted octanol–water partition coefficient (Wildman–Crippen LogP) is 2.19. The molecule has 0 saturated heterocycles. The second kappa shape index (κ2) is 4.94. The number of aromatic nitrogens is 3. The van der Waals surface area contributed by atoms with E-state index < -0.39 is 5.00 Å². The third-order valence-electron chi connectivity index (χ3n) is 2.92. The largest absolute Gasteiger partial charge is 0.366 e. The second-order valence-corrected chi connectivity index (χ2v) is 4.90. The number of allylic oxidation sites excluding steroid dienone is 2. The highest BCUT2D eigenvalue weighted by Crippen LogP contribution is 2.34. The smallest absolute Gasteiger partial charge is 0.240 e. The lowest BCUT2D eigenvalue weighted by molar-refractivity contribution is 0.628. The third-order valence-corrected chi connectivity index (χ3v) is 3.34. The molecular formula is C14H12ClN5. The zero-order valence-electron chi connectivity index (χ0n) is 10.5. The van der Waals surface area contributed by atoms with Crippen LogP contribution in [-0.4, -0.2) is 15.2 Å². The predicted molar refractivity (Wildman–Crippen MR) is 78.6 cm³/mol. The van der Waals surface area contributed by atoms with Crippen molar-refractivity contribution in [2.45, 2.75) is 5.00 Å². The molecule has 0 aliphatic carbocycles. The van der Waals surface area contributed by atoms with Crippen molar-refractivity contribution in [3.8, 4) is 11.3 Å². The number of nitrogens with one attached hydrogen (secondary N) is 1.